The van der Waals surface area contributed by atoms with Crippen LogP contribution in [0.1, 0.15) is 20.8 Å². The fraction of sp³-hybridized carbons (Fsp3) is 0.250. The molecular formula is C24H24N4O3S. The Morgan fingerprint density at radius 2 is 1.88 bits per heavy atom. The standard InChI is InChI=1S/C24H24N4O3S/c1-5-14-27-21(30)16-10-6-7-11-17(16)26-23(27)32-15(2)20(29)28-19-13-9-8-12-18(19)25-22(31)24(28,3)4/h5-13,15H,1,14H2,2-4H3,(H,25,31)/t15-/m0/s1. The minimum absolute atomic E-state index is 0.180. The normalized spacial score (nSPS) is 15.7. The van der Waals surface area contributed by atoms with Gasteiger partial charge in [-0.3, -0.25) is 23.9 Å². The van der Waals surface area contributed by atoms with Gasteiger partial charge < -0.3 is 5.32 Å². The second-order valence-corrected chi connectivity index (χ2v) is 9.39. The van der Waals surface area contributed by atoms with E-state index in [0.717, 1.165) is 0 Å². The molecule has 0 spiro atoms. The van der Waals surface area contributed by atoms with Crippen molar-refractivity contribution in [1.29, 1.82) is 0 Å². The zero-order chi connectivity index (χ0) is 23.0. The highest BCUT2D eigenvalue weighted by Crippen LogP contribution is 2.38. The monoisotopic (exact) mass is 448 g/mol. The summed E-state index contributed by atoms with van der Waals surface area (Å²) in [7, 11) is 0. The Balaban J connectivity index is 1.74. The van der Waals surface area contributed by atoms with Gasteiger partial charge in [0.25, 0.3) is 5.56 Å². The molecule has 1 aromatic heterocycles. The highest BCUT2D eigenvalue weighted by atomic mass is 32.2. The molecule has 1 aliphatic rings. The van der Waals surface area contributed by atoms with Gasteiger partial charge in [-0.15, -0.1) is 6.58 Å². The van der Waals surface area contributed by atoms with Crippen LogP contribution in [0.2, 0.25) is 0 Å². The smallest absolute Gasteiger partial charge is 0.262 e. The molecule has 0 unspecified atom stereocenters. The molecule has 0 saturated carbocycles. The van der Waals surface area contributed by atoms with Crippen LogP contribution < -0.4 is 15.8 Å². The Hall–Kier alpha value is -3.39. The van der Waals surface area contributed by atoms with E-state index < -0.39 is 10.8 Å². The largest absolute Gasteiger partial charge is 0.322 e. The van der Waals surface area contributed by atoms with Crippen LogP contribution in [0.3, 0.4) is 0 Å². The van der Waals surface area contributed by atoms with Gasteiger partial charge in [-0.2, -0.15) is 0 Å². The summed E-state index contributed by atoms with van der Waals surface area (Å²) in [6.07, 6.45) is 1.63. The molecule has 4 rings (SSSR count). The number of benzene rings is 2. The van der Waals surface area contributed by atoms with Crippen LogP contribution in [0, 0.1) is 0 Å². The van der Waals surface area contributed by atoms with Gasteiger partial charge in [0.05, 0.1) is 27.5 Å². The van der Waals surface area contributed by atoms with Gasteiger partial charge in [-0.1, -0.05) is 42.1 Å². The molecule has 0 aliphatic carbocycles. The Kier molecular flexibility index (Phi) is 5.64. The second-order valence-electron chi connectivity index (χ2n) is 8.08. The molecular weight excluding hydrogens is 424 g/mol. The molecule has 1 aliphatic heterocycles. The lowest BCUT2D eigenvalue weighted by molar-refractivity contribution is -0.126. The number of hydrogen-bond donors (Lipinski definition) is 1. The Labute approximate surface area is 190 Å². The SMILES string of the molecule is C=CCn1c(S[C@@H](C)C(=O)N2c3ccccc3NC(=O)C2(C)C)nc2ccccc2c1=O. The van der Waals surface area contributed by atoms with E-state index in [4.69, 9.17) is 0 Å². The van der Waals surface area contributed by atoms with Gasteiger partial charge in [0, 0.05) is 6.54 Å². The lowest BCUT2D eigenvalue weighted by Gasteiger charge is -2.43. The zero-order valence-electron chi connectivity index (χ0n) is 18.2. The molecule has 8 heteroatoms. The molecule has 1 atom stereocenters. The molecule has 2 heterocycles. The van der Waals surface area contributed by atoms with Gasteiger partial charge >= 0.3 is 0 Å². The van der Waals surface area contributed by atoms with E-state index in [1.807, 2.05) is 24.3 Å². The maximum atomic E-state index is 13.6. The summed E-state index contributed by atoms with van der Waals surface area (Å²) in [4.78, 5) is 45.6. The minimum Gasteiger partial charge on any atom is -0.322 e. The van der Waals surface area contributed by atoms with Crippen molar-refractivity contribution in [2.45, 2.75) is 43.3 Å². The number of fused-ring (bicyclic) bond motifs is 2. The fourth-order valence-corrected chi connectivity index (χ4v) is 4.72. The number of amides is 2. The van der Waals surface area contributed by atoms with Crippen LogP contribution in [0.4, 0.5) is 11.4 Å². The zero-order valence-corrected chi connectivity index (χ0v) is 19.0. The van der Waals surface area contributed by atoms with Gasteiger partial charge in [0.15, 0.2) is 5.16 Å². The van der Waals surface area contributed by atoms with E-state index in [1.165, 1.54) is 21.2 Å². The van der Waals surface area contributed by atoms with Crippen molar-refractivity contribution in [3.8, 4) is 0 Å². The number of nitrogens with one attached hydrogen (secondary N) is 1. The lowest BCUT2D eigenvalue weighted by Crippen LogP contribution is -2.60. The number of para-hydroxylation sites is 3. The summed E-state index contributed by atoms with van der Waals surface area (Å²) in [6, 6.07) is 14.4. The summed E-state index contributed by atoms with van der Waals surface area (Å²) in [5, 5.41) is 3.22. The maximum Gasteiger partial charge on any atom is 0.262 e. The summed E-state index contributed by atoms with van der Waals surface area (Å²) in [5.74, 6) is -0.496. The van der Waals surface area contributed by atoms with E-state index >= 15 is 0 Å². The van der Waals surface area contributed by atoms with Gasteiger partial charge in [0.1, 0.15) is 5.54 Å². The molecule has 0 fully saturated rings. The first-order chi connectivity index (χ1) is 15.3. The van der Waals surface area contributed by atoms with E-state index in [0.29, 0.717) is 27.4 Å². The fourth-order valence-electron chi connectivity index (χ4n) is 3.76. The highest BCUT2D eigenvalue weighted by molar-refractivity contribution is 8.00. The van der Waals surface area contributed by atoms with Gasteiger partial charge in [0.2, 0.25) is 11.8 Å². The quantitative estimate of drug-likeness (QED) is 0.364. The van der Waals surface area contributed by atoms with E-state index in [1.54, 1.807) is 51.1 Å². The highest BCUT2D eigenvalue weighted by Gasteiger charge is 2.44. The third-order valence-corrected chi connectivity index (χ3v) is 6.57. The number of aromatic nitrogens is 2. The van der Waals surface area contributed by atoms with Crippen molar-refractivity contribution in [2.24, 2.45) is 0 Å². The van der Waals surface area contributed by atoms with Gasteiger partial charge in [-0.05, 0) is 45.0 Å². The number of carbonyl (C=O) groups excluding carboxylic acids is 2. The van der Waals surface area contributed by atoms with Gasteiger partial charge in [-0.25, -0.2) is 4.98 Å². The van der Waals surface area contributed by atoms with Crippen molar-refractivity contribution in [2.75, 3.05) is 10.2 Å². The summed E-state index contributed by atoms with van der Waals surface area (Å²) < 4.78 is 1.52. The molecule has 2 amide bonds. The van der Waals surface area contributed by atoms with Crippen LogP contribution in [0.15, 0.2) is 71.1 Å². The molecule has 7 nitrogen and oxygen atoms in total. The number of thioether (sulfide) groups is 1. The van der Waals surface area contributed by atoms with Crippen LogP contribution in [-0.4, -0.2) is 32.2 Å². The molecule has 32 heavy (non-hydrogen) atoms. The molecule has 0 radical (unpaired) electrons. The third-order valence-electron chi connectivity index (χ3n) is 5.50. The number of carbonyl (C=O) groups is 2. The number of allylic oxidation sites excluding steroid dienone is 1. The molecule has 0 saturated heterocycles. The maximum absolute atomic E-state index is 13.6. The van der Waals surface area contributed by atoms with Crippen molar-refractivity contribution in [3.63, 3.8) is 0 Å². The van der Waals surface area contributed by atoms with Crippen molar-refractivity contribution in [1.82, 2.24) is 9.55 Å². The van der Waals surface area contributed by atoms with E-state index in [2.05, 4.69) is 16.9 Å². The predicted octanol–water partition coefficient (Wildman–Crippen LogP) is 3.83. The second kappa shape index (κ2) is 8.27. The van der Waals surface area contributed by atoms with E-state index in [9.17, 15) is 14.4 Å². The molecule has 2 aromatic carbocycles. The van der Waals surface area contributed by atoms with Crippen molar-refractivity contribution in [3.05, 3.63) is 71.5 Å². The Morgan fingerprint density at radius 1 is 1.19 bits per heavy atom. The van der Waals surface area contributed by atoms with Crippen molar-refractivity contribution < 1.29 is 9.59 Å². The summed E-state index contributed by atoms with van der Waals surface area (Å²) >= 11 is 1.20. The summed E-state index contributed by atoms with van der Waals surface area (Å²) in [5.41, 5.74) is 0.556. The Bertz CT molecular complexity index is 1300. The third kappa shape index (κ3) is 3.60. The molecule has 3 aromatic rings. The molecule has 164 valence electrons. The molecule has 1 N–H and O–H groups in total. The number of anilines is 2. The minimum atomic E-state index is -1.07. The summed E-state index contributed by atoms with van der Waals surface area (Å²) in [6.45, 7) is 9.22. The average Bonchev–Trinajstić information content (AvgIpc) is 2.77. The first-order valence-electron chi connectivity index (χ1n) is 10.3. The predicted molar refractivity (Wildman–Crippen MR) is 128 cm³/mol. The van der Waals surface area contributed by atoms with Crippen LogP contribution >= 0.6 is 11.8 Å². The van der Waals surface area contributed by atoms with Crippen molar-refractivity contribution >= 4 is 45.9 Å². The average molecular weight is 449 g/mol. The van der Waals surface area contributed by atoms with Crippen LogP contribution in [0.5, 0.6) is 0 Å². The number of nitrogens with zero attached hydrogens (tertiary/aromatic N) is 3. The van der Waals surface area contributed by atoms with Crippen LogP contribution in [-0.2, 0) is 16.1 Å². The number of rotatable bonds is 5. The first kappa shape index (κ1) is 21.8. The topological polar surface area (TPSA) is 84.3 Å². The molecule has 0 bridgehead atoms. The van der Waals surface area contributed by atoms with E-state index in [-0.39, 0.29) is 23.9 Å². The number of hydrogen-bond acceptors (Lipinski definition) is 5. The Morgan fingerprint density at radius 3 is 2.62 bits per heavy atom. The first-order valence-corrected chi connectivity index (χ1v) is 11.2. The van der Waals surface area contributed by atoms with Crippen LogP contribution in [0.25, 0.3) is 10.9 Å². The lowest BCUT2D eigenvalue weighted by atomic mass is 9.96.